The lowest BCUT2D eigenvalue weighted by molar-refractivity contribution is -0.114. The molecule has 0 saturated heterocycles. The van der Waals surface area contributed by atoms with Crippen LogP contribution in [0, 0.1) is 0 Å². The summed E-state index contributed by atoms with van der Waals surface area (Å²) < 4.78 is 21.3. The van der Waals surface area contributed by atoms with Crippen LogP contribution < -0.4 is 23.8 Å². The van der Waals surface area contributed by atoms with Crippen LogP contribution in [0.3, 0.4) is 0 Å². The fourth-order valence-electron chi connectivity index (χ4n) is 2.98. The van der Waals surface area contributed by atoms with E-state index in [9.17, 15) is 9.90 Å². The van der Waals surface area contributed by atoms with E-state index in [1.54, 1.807) is 41.3 Å². The van der Waals surface area contributed by atoms with Gasteiger partial charge in [-0.05, 0) is 30.2 Å². The topological polar surface area (TPSA) is 77.5 Å². The highest BCUT2D eigenvalue weighted by Crippen LogP contribution is 2.41. The van der Waals surface area contributed by atoms with Crippen molar-refractivity contribution in [2.75, 3.05) is 33.3 Å². The highest BCUT2D eigenvalue weighted by molar-refractivity contribution is 6.01. The number of carbonyl (C=O) groups is 1. The fraction of sp³-hybridized carbons (Fsp3) is 0.348. The lowest BCUT2D eigenvalue weighted by Gasteiger charge is -2.24. The number of phenolic OH excluding ortho intramolecular Hbond substituents is 1. The predicted molar refractivity (Wildman–Crippen MR) is 116 cm³/mol. The number of anilines is 1. The molecule has 162 valence electrons. The molecular weight excluding hydrogens is 386 g/mol. The van der Waals surface area contributed by atoms with Gasteiger partial charge in [0.1, 0.15) is 0 Å². The van der Waals surface area contributed by atoms with E-state index >= 15 is 0 Å². The number of carbonyl (C=O) groups excluding carboxylic acids is 1. The molecule has 0 aromatic heterocycles. The molecule has 1 amide bonds. The monoisotopic (exact) mass is 415 g/mol. The summed E-state index contributed by atoms with van der Waals surface area (Å²) in [6.07, 6.45) is 5.15. The van der Waals surface area contributed by atoms with E-state index in [-0.39, 0.29) is 18.2 Å². The van der Waals surface area contributed by atoms with Crippen LogP contribution in [0.1, 0.15) is 25.3 Å². The van der Waals surface area contributed by atoms with E-state index < -0.39 is 0 Å². The highest BCUT2D eigenvalue weighted by Gasteiger charge is 2.20. The van der Waals surface area contributed by atoms with Crippen molar-refractivity contribution < 1.29 is 28.8 Å². The number of phenols is 1. The Bertz CT molecular complexity index is 868. The number of nitrogens with zero attached hydrogens (tertiary/aromatic N) is 1. The summed E-state index contributed by atoms with van der Waals surface area (Å²) in [6.45, 7) is 2.28. The van der Waals surface area contributed by atoms with Crippen LogP contribution in [-0.4, -0.2) is 39.5 Å². The average Bonchev–Trinajstić information content (AvgIpc) is 2.76. The van der Waals surface area contributed by atoms with Crippen LogP contribution in [0.2, 0.25) is 0 Å². The van der Waals surface area contributed by atoms with Crippen LogP contribution >= 0.6 is 0 Å². The van der Waals surface area contributed by atoms with E-state index in [1.807, 2.05) is 13.0 Å². The van der Waals surface area contributed by atoms with Crippen molar-refractivity contribution in [1.29, 1.82) is 0 Å². The molecule has 2 rings (SSSR count). The number of benzene rings is 2. The van der Waals surface area contributed by atoms with E-state index in [0.29, 0.717) is 28.7 Å². The van der Waals surface area contributed by atoms with Crippen LogP contribution in [0.4, 0.5) is 5.69 Å². The molecule has 0 unspecified atom stereocenters. The van der Waals surface area contributed by atoms with Crippen molar-refractivity contribution in [3.8, 4) is 28.7 Å². The third-order valence-electron chi connectivity index (χ3n) is 4.53. The summed E-state index contributed by atoms with van der Waals surface area (Å²) in [5.74, 6) is 1.51. The van der Waals surface area contributed by atoms with Crippen LogP contribution in [0.25, 0.3) is 0 Å². The van der Waals surface area contributed by atoms with Gasteiger partial charge in [0.15, 0.2) is 23.0 Å². The quantitative estimate of drug-likeness (QED) is 0.583. The summed E-state index contributed by atoms with van der Waals surface area (Å²) in [5, 5.41) is 10.1. The number of hydrogen-bond donors (Lipinski definition) is 1. The number of ether oxygens (including phenoxy) is 4. The molecule has 7 nitrogen and oxygen atoms in total. The zero-order valence-corrected chi connectivity index (χ0v) is 18.1. The fourth-order valence-corrected chi connectivity index (χ4v) is 2.98. The predicted octanol–water partition coefficient (Wildman–Crippen LogP) is 4.32. The molecule has 2 aromatic carbocycles. The zero-order chi connectivity index (χ0) is 22.1. The molecule has 0 heterocycles. The molecule has 0 spiro atoms. The van der Waals surface area contributed by atoms with Gasteiger partial charge in [-0.2, -0.15) is 0 Å². The van der Waals surface area contributed by atoms with Crippen molar-refractivity contribution in [1.82, 2.24) is 0 Å². The second-order valence-corrected chi connectivity index (χ2v) is 6.51. The summed E-state index contributed by atoms with van der Waals surface area (Å²) in [4.78, 5) is 14.6. The Hall–Kier alpha value is -3.35. The minimum Gasteiger partial charge on any atom is -0.504 e. The van der Waals surface area contributed by atoms with Gasteiger partial charge in [-0.1, -0.05) is 25.5 Å². The van der Waals surface area contributed by atoms with Crippen molar-refractivity contribution in [2.24, 2.45) is 0 Å². The molecular formula is C23H29NO6. The van der Waals surface area contributed by atoms with Crippen molar-refractivity contribution in [2.45, 2.75) is 26.3 Å². The third kappa shape index (κ3) is 5.37. The second kappa shape index (κ2) is 11.0. The second-order valence-electron chi connectivity index (χ2n) is 6.51. The molecule has 1 N–H and O–H groups in total. The Kier molecular flexibility index (Phi) is 8.41. The van der Waals surface area contributed by atoms with Gasteiger partial charge >= 0.3 is 0 Å². The van der Waals surface area contributed by atoms with Gasteiger partial charge in [-0.25, -0.2) is 0 Å². The lowest BCUT2D eigenvalue weighted by atomic mass is 10.1. The molecule has 2 aromatic rings. The maximum atomic E-state index is 13.0. The van der Waals surface area contributed by atoms with Crippen LogP contribution in [-0.2, 0) is 11.3 Å². The van der Waals surface area contributed by atoms with Crippen molar-refractivity contribution in [3.05, 3.63) is 48.0 Å². The van der Waals surface area contributed by atoms with Crippen LogP contribution in [0.5, 0.6) is 28.7 Å². The van der Waals surface area contributed by atoms with Crippen molar-refractivity contribution >= 4 is 11.6 Å². The zero-order valence-electron chi connectivity index (χ0n) is 18.1. The molecule has 0 aliphatic carbocycles. The summed E-state index contributed by atoms with van der Waals surface area (Å²) >= 11 is 0. The molecule has 0 saturated carbocycles. The first-order valence-corrected chi connectivity index (χ1v) is 9.62. The minimum absolute atomic E-state index is 0.00816. The standard InChI is InChI=1S/C23H29NO6/c1-6-7-8-9-22(26)24(15-16-10-11-19(27-2)18(25)12-16)17-13-20(28-3)23(30-5)21(14-17)29-4/h8-14,25H,6-7,15H2,1-5H3/b9-8+. The molecule has 7 heteroatoms. The van der Waals surface area contributed by atoms with E-state index in [2.05, 4.69) is 0 Å². The van der Waals surface area contributed by atoms with Gasteiger partial charge < -0.3 is 29.0 Å². The van der Waals surface area contributed by atoms with Gasteiger partial charge in [0, 0.05) is 12.1 Å². The molecule has 0 aliphatic rings. The van der Waals surface area contributed by atoms with Crippen LogP contribution in [0.15, 0.2) is 42.5 Å². The Morgan fingerprint density at radius 2 is 1.60 bits per heavy atom. The Morgan fingerprint density at radius 3 is 2.10 bits per heavy atom. The summed E-state index contributed by atoms with van der Waals surface area (Å²) in [7, 11) is 6.06. The number of unbranched alkanes of at least 4 members (excludes halogenated alkanes) is 1. The number of methoxy groups -OCH3 is 4. The summed E-state index contributed by atoms with van der Waals surface area (Å²) in [5.41, 5.74) is 1.31. The van der Waals surface area contributed by atoms with Gasteiger partial charge in [-0.3, -0.25) is 4.79 Å². The van der Waals surface area contributed by atoms with E-state index in [4.69, 9.17) is 18.9 Å². The smallest absolute Gasteiger partial charge is 0.250 e. The number of allylic oxidation sites excluding steroid dienone is 1. The lowest BCUT2D eigenvalue weighted by Crippen LogP contribution is -2.28. The molecule has 30 heavy (non-hydrogen) atoms. The van der Waals surface area contributed by atoms with Gasteiger partial charge in [0.05, 0.1) is 40.7 Å². The Labute approximate surface area is 177 Å². The highest BCUT2D eigenvalue weighted by atomic mass is 16.5. The molecule has 0 bridgehead atoms. The molecule has 0 aliphatic heterocycles. The minimum atomic E-state index is -0.201. The average molecular weight is 415 g/mol. The first-order chi connectivity index (χ1) is 14.5. The Balaban J connectivity index is 2.50. The first kappa shape index (κ1) is 22.9. The summed E-state index contributed by atoms with van der Waals surface area (Å²) in [6, 6.07) is 8.47. The maximum Gasteiger partial charge on any atom is 0.250 e. The molecule has 0 atom stereocenters. The van der Waals surface area contributed by atoms with E-state index in [0.717, 1.165) is 18.4 Å². The molecule has 0 fully saturated rings. The van der Waals surface area contributed by atoms with Gasteiger partial charge in [0.2, 0.25) is 5.75 Å². The maximum absolute atomic E-state index is 13.0. The number of amides is 1. The van der Waals surface area contributed by atoms with Gasteiger partial charge in [-0.15, -0.1) is 0 Å². The number of aromatic hydroxyl groups is 1. The Morgan fingerprint density at radius 1 is 0.967 bits per heavy atom. The van der Waals surface area contributed by atoms with E-state index in [1.165, 1.54) is 28.4 Å². The van der Waals surface area contributed by atoms with Crippen molar-refractivity contribution in [3.63, 3.8) is 0 Å². The number of rotatable bonds is 10. The van der Waals surface area contributed by atoms with Gasteiger partial charge in [0.25, 0.3) is 5.91 Å². The third-order valence-corrected chi connectivity index (χ3v) is 4.53. The normalized spacial score (nSPS) is 10.7. The number of hydrogen-bond acceptors (Lipinski definition) is 6. The molecule has 0 radical (unpaired) electrons. The first-order valence-electron chi connectivity index (χ1n) is 9.62. The largest absolute Gasteiger partial charge is 0.504 e. The SMILES string of the molecule is CCC/C=C/C(=O)N(Cc1ccc(OC)c(O)c1)c1cc(OC)c(OC)c(OC)c1.